The van der Waals surface area contributed by atoms with Crippen molar-refractivity contribution in [2.75, 3.05) is 6.61 Å². The predicted molar refractivity (Wildman–Crippen MR) is 113 cm³/mol. The summed E-state index contributed by atoms with van der Waals surface area (Å²) in [5.74, 6) is -1.54. The van der Waals surface area contributed by atoms with Crippen LogP contribution in [0.1, 0.15) is 43.7 Å². The van der Waals surface area contributed by atoms with Gasteiger partial charge in [-0.3, -0.25) is 4.79 Å². The molecule has 0 radical (unpaired) electrons. The van der Waals surface area contributed by atoms with Crippen molar-refractivity contribution in [3.63, 3.8) is 0 Å². The van der Waals surface area contributed by atoms with Crippen LogP contribution in [0.3, 0.4) is 0 Å². The van der Waals surface area contributed by atoms with Gasteiger partial charge in [-0.05, 0) is 37.0 Å². The summed E-state index contributed by atoms with van der Waals surface area (Å²) in [7, 11) is -4.38. The maximum Gasteiger partial charge on any atom is 0.268 e. The van der Waals surface area contributed by atoms with Crippen molar-refractivity contribution in [1.82, 2.24) is 4.72 Å². The molecule has 3 rings (SSSR count). The number of phenolic OH excluding ortho intramolecular Hbond substituents is 2. The number of hydrogen-bond donors (Lipinski definition) is 3. The number of nitrogens with one attached hydrogen (secondary N) is 1. The molecule has 1 saturated heterocycles. The Morgan fingerprint density at radius 3 is 2.57 bits per heavy atom. The van der Waals surface area contributed by atoms with Crippen LogP contribution in [0.2, 0.25) is 0 Å². The summed E-state index contributed by atoms with van der Waals surface area (Å²) in [6, 6.07) is 8.39. The lowest BCUT2D eigenvalue weighted by Crippen LogP contribution is -2.45. The first-order chi connectivity index (χ1) is 14.2. The second-order valence-electron chi connectivity index (χ2n) is 7.55. The molecule has 0 aromatic heterocycles. The number of unbranched alkanes of at least 4 members (excludes halogenated alkanes) is 2. The SMILES string of the molecule is CCCCCc1cc(O)c(-c2cccc(C)c2)c(O)c1S(=O)(=O)NC(=O)C1CCO1. The van der Waals surface area contributed by atoms with Gasteiger partial charge < -0.3 is 14.9 Å². The third-order valence-electron chi connectivity index (χ3n) is 5.16. The summed E-state index contributed by atoms with van der Waals surface area (Å²) in [5.41, 5.74) is 1.66. The fourth-order valence-electron chi connectivity index (χ4n) is 3.52. The zero-order valence-electron chi connectivity index (χ0n) is 17.1. The van der Waals surface area contributed by atoms with E-state index in [9.17, 15) is 23.4 Å². The van der Waals surface area contributed by atoms with Crippen molar-refractivity contribution in [3.8, 4) is 22.6 Å². The van der Waals surface area contributed by atoms with Gasteiger partial charge in [0, 0.05) is 6.42 Å². The van der Waals surface area contributed by atoms with Crippen LogP contribution in [0, 0.1) is 6.92 Å². The number of hydrogen-bond acceptors (Lipinski definition) is 6. The van der Waals surface area contributed by atoms with Crippen LogP contribution in [0.5, 0.6) is 11.5 Å². The molecule has 2 aromatic rings. The average Bonchev–Trinajstić information content (AvgIpc) is 2.59. The molecular formula is C22H27NO6S. The van der Waals surface area contributed by atoms with E-state index >= 15 is 0 Å². The largest absolute Gasteiger partial charge is 0.507 e. The first-order valence-corrected chi connectivity index (χ1v) is 11.6. The maximum absolute atomic E-state index is 13.1. The Morgan fingerprint density at radius 2 is 1.97 bits per heavy atom. The minimum atomic E-state index is -4.38. The topological polar surface area (TPSA) is 113 Å². The Kier molecular flexibility index (Phi) is 6.67. The lowest BCUT2D eigenvalue weighted by Gasteiger charge is -2.25. The number of sulfonamides is 1. The number of carbonyl (C=O) groups excluding carboxylic acids is 1. The van der Waals surface area contributed by atoms with Crippen molar-refractivity contribution in [1.29, 1.82) is 0 Å². The molecule has 8 heteroatoms. The second-order valence-corrected chi connectivity index (χ2v) is 9.17. The van der Waals surface area contributed by atoms with Gasteiger partial charge in [0.05, 0.1) is 12.2 Å². The molecule has 1 atom stereocenters. The van der Waals surface area contributed by atoms with E-state index in [0.29, 0.717) is 31.4 Å². The van der Waals surface area contributed by atoms with Gasteiger partial charge in [0.15, 0.2) is 0 Å². The van der Waals surface area contributed by atoms with E-state index in [1.807, 2.05) is 24.6 Å². The van der Waals surface area contributed by atoms with Crippen molar-refractivity contribution in [3.05, 3.63) is 41.5 Å². The van der Waals surface area contributed by atoms with E-state index in [0.717, 1.165) is 18.4 Å². The summed E-state index contributed by atoms with van der Waals surface area (Å²) < 4.78 is 33.3. The number of rotatable bonds is 8. The van der Waals surface area contributed by atoms with Crippen molar-refractivity contribution in [2.24, 2.45) is 0 Å². The number of carbonyl (C=O) groups is 1. The number of benzene rings is 2. The highest BCUT2D eigenvalue weighted by atomic mass is 32.2. The van der Waals surface area contributed by atoms with E-state index < -0.39 is 27.8 Å². The molecule has 1 unspecified atom stereocenters. The summed E-state index contributed by atoms with van der Waals surface area (Å²) in [6.45, 7) is 4.28. The molecule has 3 N–H and O–H groups in total. The summed E-state index contributed by atoms with van der Waals surface area (Å²) >= 11 is 0. The lowest BCUT2D eigenvalue weighted by molar-refractivity contribution is -0.142. The Morgan fingerprint density at radius 1 is 1.23 bits per heavy atom. The third-order valence-corrected chi connectivity index (χ3v) is 6.63. The third kappa shape index (κ3) is 4.60. The Balaban J connectivity index is 2.11. The van der Waals surface area contributed by atoms with Crippen LogP contribution in [-0.2, 0) is 26.0 Å². The number of amides is 1. The Bertz CT molecular complexity index is 1040. The highest BCUT2D eigenvalue weighted by Crippen LogP contribution is 2.44. The standard InChI is InChI=1S/C22H27NO6S/c1-3-4-5-8-16-13-17(24)19(15-9-6-7-14(2)12-15)20(25)21(16)30(27,28)23-22(26)18-10-11-29-18/h6-7,9,12-13,18,24-25H,3-5,8,10-11H2,1-2H3,(H,23,26). The van der Waals surface area contributed by atoms with Gasteiger partial charge in [-0.25, -0.2) is 13.1 Å². The number of aromatic hydroxyl groups is 2. The quantitative estimate of drug-likeness (QED) is 0.550. The van der Waals surface area contributed by atoms with Crippen LogP contribution in [0.4, 0.5) is 0 Å². The first kappa shape index (κ1) is 22.1. The van der Waals surface area contributed by atoms with E-state index in [1.54, 1.807) is 18.2 Å². The summed E-state index contributed by atoms with van der Waals surface area (Å²) in [4.78, 5) is 11.8. The van der Waals surface area contributed by atoms with E-state index in [-0.39, 0.29) is 21.8 Å². The van der Waals surface area contributed by atoms with Gasteiger partial charge in [0.2, 0.25) is 0 Å². The molecule has 0 spiro atoms. The second kappa shape index (κ2) is 9.06. The molecule has 7 nitrogen and oxygen atoms in total. The van der Waals surface area contributed by atoms with Crippen LogP contribution in [0.15, 0.2) is 35.2 Å². The zero-order valence-corrected chi connectivity index (χ0v) is 18.0. The van der Waals surface area contributed by atoms with Gasteiger partial charge >= 0.3 is 0 Å². The summed E-state index contributed by atoms with van der Waals surface area (Å²) in [5, 5.41) is 21.6. The molecule has 1 aliphatic heterocycles. The smallest absolute Gasteiger partial charge is 0.268 e. The van der Waals surface area contributed by atoms with Gasteiger partial charge in [-0.15, -0.1) is 0 Å². The highest BCUT2D eigenvalue weighted by molar-refractivity contribution is 7.90. The average molecular weight is 434 g/mol. The molecule has 162 valence electrons. The molecule has 0 bridgehead atoms. The molecule has 1 aliphatic rings. The molecular weight excluding hydrogens is 406 g/mol. The summed E-state index contributed by atoms with van der Waals surface area (Å²) in [6.07, 6.45) is 2.45. The predicted octanol–water partition coefficient (Wildman–Crippen LogP) is 3.40. The number of phenols is 2. The minimum Gasteiger partial charge on any atom is -0.507 e. The van der Waals surface area contributed by atoms with E-state index in [2.05, 4.69) is 0 Å². The fraction of sp³-hybridized carbons (Fsp3) is 0.409. The Hall–Kier alpha value is -2.58. The van der Waals surface area contributed by atoms with Crippen LogP contribution >= 0.6 is 0 Å². The van der Waals surface area contributed by atoms with Crippen LogP contribution in [-0.4, -0.2) is 37.2 Å². The molecule has 1 fully saturated rings. The zero-order chi connectivity index (χ0) is 21.9. The first-order valence-electron chi connectivity index (χ1n) is 10.1. The van der Waals surface area contributed by atoms with Gasteiger partial charge in [-0.2, -0.15) is 0 Å². The van der Waals surface area contributed by atoms with E-state index in [1.165, 1.54) is 6.07 Å². The normalized spacial score (nSPS) is 16.1. The maximum atomic E-state index is 13.1. The molecule has 2 aromatic carbocycles. The van der Waals surface area contributed by atoms with E-state index in [4.69, 9.17) is 4.74 Å². The number of aryl methyl sites for hydroxylation is 2. The highest BCUT2D eigenvalue weighted by Gasteiger charge is 2.34. The molecule has 1 heterocycles. The van der Waals surface area contributed by atoms with Gasteiger partial charge in [0.25, 0.3) is 15.9 Å². The molecule has 1 amide bonds. The van der Waals surface area contributed by atoms with Crippen LogP contribution < -0.4 is 4.72 Å². The molecule has 0 saturated carbocycles. The van der Waals surface area contributed by atoms with Gasteiger partial charge in [0.1, 0.15) is 22.5 Å². The minimum absolute atomic E-state index is 0.0191. The van der Waals surface area contributed by atoms with Crippen LogP contribution in [0.25, 0.3) is 11.1 Å². The molecule has 30 heavy (non-hydrogen) atoms. The van der Waals surface area contributed by atoms with Crippen molar-refractivity contribution in [2.45, 2.75) is 57.0 Å². The lowest BCUT2D eigenvalue weighted by atomic mass is 9.97. The van der Waals surface area contributed by atoms with Crippen molar-refractivity contribution >= 4 is 15.9 Å². The fourth-order valence-corrected chi connectivity index (χ4v) is 4.88. The molecule has 0 aliphatic carbocycles. The van der Waals surface area contributed by atoms with Gasteiger partial charge in [-0.1, -0.05) is 49.6 Å². The van der Waals surface area contributed by atoms with Crippen molar-refractivity contribution < 1.29 is 28.2 Å². The Labute approximate surface area is 176 Å². The monoisotopic (exact) mass is 433 g/mol. The number of ether oxygens (including phenoxy) is 1.